The van der Waals surface area contributed by atoms with Gasteiger partial charge in [0.1, 0.15) is 5.60 Å². The first-order valence-corrected chi connectivity index (χ1v) is 4.48. The molecule has 2 fully saturated rings. The maximum Gasteiger partial charge on any atom is 0.105 e. The van der Waals surface area contributed by atoms with E-state index < -0.39 is 5.60 Å². The van der Waals surface area contributed by atoms with Gasteiger partial charge in [0.15, 0.2) is 0 Å². The zero-order valence-electron chi connectivity index (χ0n) is 6.77. The van der Waals surface area contributed by atoms with Crippen molar-refractivity contribution in [3.63, 3.8) is 0 Å². The molecule has 0 aliphatic carbocycles. The Balaban J connectivity index is 1.91. The first kappa shape index (κ1) is 7.53. The molecule has 0 aromatic carbocycles. The lowest BCUT2D eigenvalue weighted by atomic mass is 9.83. The molecule has 64 valence electrons. The van der Waals surface area contributed by atoms with E-state index in [0.29, 0.717) is 6.04 Å². The van der Waals surface area contributed by atoms with Gasteiger partial charge in [-0.3, -0.25) is 0 Å². The minimum atomic E-state index is -0.430. The number of rotatable bonds is 1. The van der Waals surface area contributed by atoms with Crippen LogP contribution in [0.1, 0.15) is 19.3 Å². The maximum absolute atomic E-state index is 9.91. The molecule has 2 saturated heterocycles. The minimum Gasteiger partial charge on any atom is -0.386 e. The molecule has 0 amide bonds. The van der Waals surface area contributed by atoms with Crippen molar-refractivity contribution in [3.8, 4) is 0 Å². The summed E-state index contributed by atoms with van der Waals surface area (Å²) in [5.74, 6) is 0. The van der Waals surface area contributed by atoms with Crippen molar-refractivity contribution in [3.05, 3.63) is 0 Å². The summed E-state index contributed by atoms with van der Waals surface area (Å²) in [6.45, 7) is 2.61. The van der Waals surface area contributed by atoms with E-state index in [0.717, 1.165) is 26.1 Å². The SMILES string of the molecule is OC1([C@H]2CCCCN2)CNC1. The molecule has 2 rings (SSSR count). The van der Waals surface area contributed by atoms with Crippen molar-refractivity contribution in [2.24, 2.45) is 0 Å². The average molecular weight is 156 g/mol. The Kier molecular flexibility index (Phi) is 1.87. The molecule has 0 spiro atoms. The Morgan fingerprint density at radius 1 is 1.27 bits per heavy atom. The van der Waals surface area contributed by atoms with Gasteiger partial charge in [0.2, 0.25) is 0 Å². The highest BCUT2D eigenvalue weighted by atomic mass is 16.3. The number of aliphatic hydroxyl groups is 1. The highest BCUT2D eigenvalue weighted by Crippen LogP contribution is 2.22. The predicted octanol–water partition coefficient (Wildman–Crippen LogP) is -0.537. The van der Waals surface area contributed by atoms with Gasteiger partial charge >= 0.3 is 0 Å². The molecular weight excluding hydrogens is 140 g/mol. The van der Waals surface area contributed by atoms with Crippen LogP contribution in [0.25, 0.3) is 0 Å². The summed E-state index contributed by atoms with van der Waals surface area (Å²) in [6.07, 6.45) is 3.66. The van der Waals surface area contributed by atoms with Crippen molar-refractivity contribution in [1.82, 2.24) is 10.6 Å². The molecule has 0 unspecified atom stereocenters. The number of β-amino-alcohol motifs (C(OH)–C–C–N with tert-alkyl or cyclic N) is 1. The van der Waals surface area contributed by atoms with Crippen LogP contribution in [-0.2, 0) is 0 Å². The van der Waals surface area contributed by atoms with Crippen LogP contribution >= 0.6 is 0 Å². The molecule has 0 bridgehead atoms. The first-order chi connectivity index (χ1) is 5.31. The Hall–Kier alpha value is -0.120. The van der Waals surface area contributed by atoms with Crippen LogP contribution in [0.15, 0.2) is 0 Å². The van der Waals surface area contributed by atoms with E-state index >= 15 is 0 Å². The molecule has 1 atom stereocenters. The summed E-state index contributed by atoms with van der Waals surface area (Å²) >= 11 is 0. The van der Waals surface area contributed by atoms with E-state index in [1.165, 1.54) is 12.8 Å². The summed E-state index contributed by atoms with van der Waals surface area (Å²) in [5.41, 5.74) is -0.430. The highest BCUT2D eigenvalue weighted by molar-refractivity contribution is 5.02. The van der Waals surface area contributed by atoms with E-state index in [1.807, 2.05) is 0 Å². The fourth-order valence-electron chi connectivity index (χ4n) is 1.94. The molecule has 0 aromatic rings. The van der Waals surface area contributed by atoms with Crippen LogP contribution in [0.3, 0.4) is 0 Å². The van der Waals surface area contributed by atoms with Gasteiger partial charge in [-0.2, -0.15) is 0 Å². The first-order valence-electron chi connectivity index (χ1n) is 4.48. The van der Waals surface area contributed by atoms with Crippen molar-refractivity contribution in [2.45, 2.75) is 30.9 Å². The lowest BCUT2D eigenvalue weighted by Gasteiger charge is -2.45. The van der Waals surface area contributed by atoms with Crippen molar-refractivity contribution in [1.29, 1.82) is 0 Å². The minimum absolute atomic E-state index is 0.345. The van der Waals surface area contributed by atoms with E-state index in [1.54, 1.807) is 0 Å². The molecule has 0 aromatic heterocycles. The van der Waals surface area contributed by atoms with Crippen LogP contribution in [0.4, 0.5) is 0 Å². The van der Waals surface area contributed by atoms with E-state index in [-0.39, 0.29) is 0 Å². The molecule has 3 heteroatoms. The third kappa shape index (κ3) is 1.28. The second-order valence-corrected chi connectivity index (χ2v) is 3.71. The third-order valence-electron chi connectivity index (χ3n) is 2.82. The highest BCUT2D eigenvalue weighted by Gasteiger charge is 2.42. The van der Waals surface area contributed by atoms with Crippen molar-refractivity contribution in [2.75, 3.05) is 19.6 Å². The molecule has 2 aliphatic heterocycles. The second-order valence-electron chi connectivity index (χ2n) is 3.71. The van der Waals surface area contributed by atoms with Gasteiger partial charge in [0, 0.05) is 19.1 Å². The van der Waals surface area contributed by atoms with Crippen molar-refractivity contribution >= 4 is 0 Å². The summed E-state index contributed by atoms with van der Waals surface area (Å²) in [4.78, 5) is 0. The topological polar surface area (TPSA) is 44.3 Å². The quantitative estimate of drug-likeness (QED) is 0.478. The van der Waals surface area contributed by atoms with Gasteiger partial charge in [-0.1, -0.05) is 6.42 Å². The Morgan fingerprint density at radius 2 is 2.09 bits per heavy atom. The zero-order chi connectivity index (χ0) is 7.73. The second kappa shape index (κ2) is 2.73. The van der Waals surface area contributed by atoms with Crippen molar-refractivity contribution < 1.29 is 5.11 Å². The van der Waals surface area contributed by atoms with E-state index in [4.69, 9.17) is 0 Å². The van der Waals surface area contributed by atoms with Gasteiger partial charge in [0.25, 0.3) is 0 Å². The monoisotopic (exact) mass is 156 g/mol. The average Bonchev–Trinajstić information content (AvgIpc) is 2.02. The number of hydrogen-bond donors (Lipinski definition) is 3. The number of piperidine rings is 1. The van der Waals surface area contributed by atoms with E-state index in [9.17, 15) is 5.11 Å². The predicted molar refractivity (Wildman–Crippen MR) is 43.5 cm³/mol. The molecule has 2 heterocycles. The van der Waals surface area contributed by atoms with Crippen LogP contribution < -0.4 is 10.6 Å². The fourth-order valence-corrected chi connectivity index (χ4v) is 1.94. The molecule has 3 N–H and O–H groups in total. The zero-order valence-corrected chi connectivity index (χ0v) is 6.77. The molecule has 3 nitrogen and oxygen atoms in total. The fraction of sp³-hybridized carbons (Fsp3) is 1.00. The number of hydrogen-bond acceptors (Lipinski definition) is 3. The van der Waals surface area contributed by atoms with Gasteiger partial charge in [-0.05, 0) is 19.4 Å². The van der Waals surface area contributed by atoms with Gasteiger partial charge in [0.05, 0.1) is 0 Å². The summed E-state index contributed by atoms with van der Waals surface area (Å²) in [7, 11) is 0. The molecule has 2 aliphatic rings. The summed E-state index contributed by atoms with van der Waals surface area (Å²) in [6, 6.07) is 0.345. The molecular formula is C8H16N2O. The molecule has 0 radical (unpaired) electrons. The lowest BCUT2D eigenvalue weighted by Crippen LogP contribution is -2.69. The Labute approximate surface area is 67.2 Å². The van der Waals surface area contributed by atoms with Gasteiger partial charge in [-0.15, -0.1) is 0 Å². The standard InChI is InChI=1S/C8H16N2O/c11-8(5-9-6-8)7-3-1-2-4-10-7/h7,9-11H,1-6H2/t7-/m1/s1. The van der Waals surface area contributed by atoms with Crippen LogP contribution in [-0.4, -0.2) is 36.4 Å². The van der Waals surface area contributed by atoms with Crippen LogP contribution in [0, 0.1) is 0 Å². The Morgan fingerprint density at radius 3 is 2.55 bits per heavy atom. The molecule has 11 heavy (non-hydrogen) atoms. The van der Waals surface area contributed by atoms with E-state index in [2.05, 4.69) is 10.6 Å². The largest absolute Gasteiger partial charge is 0.386 e. The van der Waals surface area contributed by atoms with Gasteiger partial charge in [-0.25, -0.2) is 0 Å². The smallest absolute Gasteiger partial charge is 0.105 e. The van der Waals surface area contributed by atoms with Crippen LogP contribution in [0.5, 0.6) is 0 Å². The number of nitrogens with one attached hydrogen (secondary N) is 2. The van der Waals surface area contributed by atoms with Gasteiger partial charge < -0.3 is 15.7 Å². The van der Waals surface area contributed by atoms with Crippen LogP contribution in [0.2, 0.25) is 0 Å². The third-order valence-corrected chi connectivity index (χ3v) is 2.82. The molecule has 0 saturated carbocycles. The lowest BCUT2D eigenvalue weighted by molar-refractivity contribution is -0.0495. The summed E-state index contributed by atoms with van der Waals surface area (Å²) in [5, 5.41) is 16.4. The normalized spacial score (nSPS) is 36.3. The maximum atomic E-state index is 9.91. The summed E-state index contributed by atoms with van der Waals surface area (Å²) < 4.78 is 0. The Bertz CT molecular complexity index is 139.